The van der Waals surface area contributed by atoms with E-state index < -0.39 is 0 Å². The molecule has 0 unspecified atom stereocenters. The molecule has 0 aliphatic heterocycles. The highest BCUT2D eigenvalue weighted by Crippen LogP contribution is 2.19. The van der Waals surface area contributed by atoms with Gasteiger partial charge in [0, 0.05) is 25.2 Å². The number of ether oxygens (including phenoxy) is 1. The topological polar surface area (TPSA) is 61.8 Å². The minimum absolute atomic E-state index is 0.0753. The molecule has 0 aliphatic carbocycles. The first kappa shape index (κ1) is 17.8. The summed E-state index contributed by atoms with van der Waals surface area (Å²) >= 11 is 0. The van der Waals surface area contributed by atoms with Crippen LogP contribution in [-0.2, 0) is 13.1 Å². The number of methoxy groups -OCH3 is 1. The van der Waals surface area contributed by atoms with Crippen LogP contribution in [0.3, 0.4) is 0 Å². The average Bonchev–Trinajstić information content (AvgIpc) is 2.60. The number of carbonyl (C=O) groups is 1. The Morgan fingerprint density at radius 3 is 2.62 bits per heavy atom. The summed E-state index contributed by atoms with van der Waals surface area (Å²) in [5.74, 6) is 0.757. The number of nitrogens with zero attached hydrogens (tertiary/aromatic N) is 1. The minimum Gasteiger partial charge on any atom is -0.496 e. The van der Waals surface area contributed by atoms with Crippen LogP contribution in [0.4, 0.5) is 4.79 Å². The molecule has 0 radical (unpaired) electrons. The molecule has 2 N–H and O–H groups in total. The molecular formula is C19H24N2O3. The number of aliphatic hydroxyl groups excluding tert-OH is 1. The molecule has 5 nitrogen and oxygen atoms in total. The van der Waals surface area contributed by atoms with Crippen molar-refractivity contribution in [2.45, 2.75) is 20.0 Å². The number of benzene rings is 2. The number of aliphatic hydroxyl groups is 1. The zero-order chi connectivity index (χ0) is 17.4. The van der Waals surface area contributed by atoms with Gasteiger partial charge in [-0.2, -0.15) is 0 Å². The number of hydrogen-bond acceptors (Lipinski definition) is 3. The van der Waals surface area contributed by atoms with Crippen LogP contribution in [0, 0.1) is 6.92 Å². The van der Waals surface area contributed by atoms with Crippen molar-refractivity contribution in [1.29, 1.82) is 0 Å². The number of hydrogen-bond donors (Lipinski definition) is 2. The molecule has 0 aromatic heterocycles. The number of nitrogens with one attached hydrogen (secondary N) is 1. The van der Waals surface area contributed by atoms with Crippen LogP contribution in [0.5, 0.6) is 5.75 Å². The minimum atomic E-state index is -0.212. The van der Waals surface area contributed by atoms with Gasteiger partial charge < -0.3 is 20.1 Å². The van der Waals surface area contributed by atoms with Gasteiger partial charge in [-0.1, -0.05) is 42.5 Å². The van der Waals surface area contributed by atoms with Gasteiger partial charge >= 0.3 is 6.03 Å². The van der Waals surface area contributed by atoms with E-state index in [1.165, 1.54) is 0 Å². The Balaban J connectivity index is 2.00. The third-order valence-corrected chi connectivity index (χ3v) is 3.75. The van der Waals surface area contributed by atoms with Crippen molar-refractivity contribution in [3.63, 3.8) is 0 Å². The van der Waals surface area contributed by atoms with Crippen LogP contribution in [0.25, 0.3) is 0 Å². The Hall–Kier alpha value is -2.53. The second-order valence-corrected chi connectivity index (χ2v) is 5.60. The van der Waals surface area contributed by atoms with Gasteiger partial charge in [-0.3, -0.25) is 0 Å². The van der Waals surface area contributed by atoms with E-state index in [-0.39, 0.29) is 19.2 Å². The molecule has 0 heterocycles. The van der Waals surface area contributed by atoms with Gasteiger partial charge in [0.1, 0.15) is 5.75 Å². The van der Waals surface area contributed by atoms with Gasteiger partial charge in [0.15, 0.2) is 0 Å². The first-order valence-corrected chi connectivity index (χ1v) is 7.95. The van der Waals surface area contributed by atoms with E-state index in [0.717, 1.165) is 22.4 Å². The SMILES string of the molecule is COc1cc(C)ccc1CNC(=O)N(CCO)Cc1ccccc1. The van der Waals surface area contributed by atoms with Crippen molar-refractivity contribution >= 4 is 6.03 Å². The van der Waals surface area contributed by atoms with Gasteiger partial charge in [-0.15, -0.1) is 0 Å². The lowest BCUT2D eigenvalue weighted by Gasteiger charge is -2.22. The summed E-state index contributed by atoms with van der Waals surface area (Å²) in [6.07, 6.45) is 0. The molecule has 2 aromatic carbocycles. The van der Waals surface area contributed by atoms with E-state index in [1.807, 2.05) is 55.5 Å². The Morgan fingerprint density at radius 2 is 1.96 bits per heavy atom. The monoisotopic (exact) mass is 328 g/mol. The molecule has 0 fully saturated rings. The molecular weight excluding hydrogens is 304 g/mol. The summed E-state index contributed by atoms with van der Waals surface area (Å²) in [6.45, 7) is 3.03. The van der Waals surface area contributed by atoms with Gasteiger partial charge in [0.2, 0.25) is 0 Å². The Kier molecular flexibility index (Phi) is 6.63. The lowest BCUT2D eigenvalue weighted by atomic mass is 10.1. The van der Waals surface area contributed by atoms with Crippen LogP contribution in [0.1, 0.15) is 16.7 Å². The van der Waals surface area contributed by atoms with E-state index in [2.05, 4.69) is 5.32 Å². The number of rotatable bonds is 7. The standard InChI is InChI=1S/C19H24N2O3/c1-15-8-9-17(18(12-15)24-2)13-20-19(23)21(10-11-22)14-16-6-4-3-5-7-16/h3-9,12,22H,10-11,13-14H2,1-2H3,(H,20,23). The molecule has 2 amide bonds. The van der Waals surface area contributed by atoms with Crippen LogP contribution < -0.4 is 10.1 Å². The molecule has 2 aromatic rings. The lowest BCUT2D eigenvalue weighted by molar-refractivity contribution is 0.173. The van der Waals surface area contributed by atoms with Crippen molar-refractivity contribution in [3.05, 3.63) is 65.2 Å². The Labute approximate surface area is 142 Å². The first-order valence-electron chi connectivity index (χ1n) is 7.95. The predicted molar refractivity (Wildman–Crippen MR) is 93.9 cm³/mol. The van der Waals surface area contributed by atoms with Crippen molar-refractivity contribution in [1.82, 2.24) is 10.2 Å². The van der Waals surface area contributed by atoms with Gasteiger partial charge in [-0.25, -0.2) is 4.79 Å². The molecule has 128 valence electrons. The van der Waals surface area contributed by atoms with E-state index in [0.29, 0.717) is 13.1 Å². The third kappa shape index (κ3) is 4.99. The fourth-order valence-corrected chi connectivity index (χ4v) is 2.46. The van der Waals surface area contributed by atoms with Gasteiger partial charge in [0.25, 0.3) is 0 Å². The largest absolute Gasteiger partial charge is 0.496 e. The summed E-state index contributed by atoms with van der Waals surface area (Å²) < 4.78 is 5.36. The van der Waals surface area contributed by atoms with E-state index in [4.69, 9.17) is 4.74 Å². The first-order chi connectivity index (χ1) is 11.6. The number of amides is 2. The highest BCUT2D eigenvalue weighted by molar-refractivity contribution is 5.74. The predicted octanol–water partition coefficient (Wildman–Crippen LogP) is 2.71. The van der Waals surface area contributed by atoms with E-state index >= 15 is 0 Å². The summed E-state index contributed by atoms with van der Waals surface area (Å²) in [5.41, 5.74) is 3.04. The summed E-state index contributed by atoms with van der Waals surface area (Å²) in [4.78, 5) is 14.0. The Morgan fingerprint density at radius 1 is 1.21 bits per heavy atom. The molecule has 5 heteroatoms. The molecule has 0 bridgehead atoms. The summed E-state index contributed by atoms with van der Waals surface area (Å²) in [6, 6.07) is 15.4. The molecule has 0 saturated heterocycles. The lowest BCUT2D eigenvalue weighted by Crippen LogP contribution is -2.40. The van der Waals surface area contributed by atoms with E-state index in [1.54, 1.807) is 12.0 Å². The van der Waals surface area contributed by atoms with Gasteiger partial charge in [0.05, 0.1) is 13.7 Å². The van der Waals surface area contributed by atoms with Crippen LogP contribution in [0.15, 0.2) is 48.5 Å². The zero-order valence-electron chi connectivity index (χ0n) is 14.2. The maximum Gasteiger partial charge on any atom is 0.318 e. The molecule has 0 saturated carbocycles. The normalized spacial score (nSPS) is 10.3. The molecule has 0 atom stereocenters. The zero-order valence-corrected chi connectivity index (χ0v) is 14.2. The maximum absolute atomic E-state index is 12.4. The maximum atomic E-state index is 12.4. The molecule has 0 aliphatic rings. The Bertz CT molecular complexity index is 659. The average molecular weight is 328 g/mol. The van der Waals surface area contributed by atoms with Crippen molar-refractivity contribution in [2.75, 3.05) is 20.3 Å². The third-order valence-electron chi connectivity index (χ3n) is 3.75. The van der Waals surface area contributed by atoms with Crippen LogP contribution in [0.2, 0.25) is 0 Å². The van der Waals surface area contributed by atoms with Gasteiger partial charge in [-0.05, 0) is 24.1 Å². The summed E-state index contributed by atoms with van der Waals surface area (Å²) in [5, 5.41) is 12.1. The van der Waals surface area contributed by atoms with Crippen molar-refractivity contribution in [3.8, 4) is 5.75 Å². The van der Waals surface area contributed by atoms with Crippen LogP contribution >= 0.6 is 0 Å². The second kappa shape index (κ2) is 8.93. The van der Waals surface area contributed by atoms with Crippen molar-refractivity contribution < 1.29 is 14.6 Å². The second-order valence-electron chi connectivity index (χ2n) is 5.60. The fourth-order valence-electron chi connectivity index (χ4n) is 2.46. The number of urea groups is 1. The number of carbonyl (C=O) groups excluding carboxylic acids is 1. The quantitative estimate of drug-likeness (QED) is 0.821. The molecule has 0 spiro atoms. The number of aryl methyl sites for hydroxylation is 1. The highest BCUT2D eigenvalue weighted by Gasteiger charge is 2.14. The summed E-state index contributed by atoms with van der Waals surface area (Å²) in [7, 11) is 1.62. The van der Waals surface area contributed by atoms with Crippen molar-refractivity contribution in [2.24, 2.45) is 0 Å². The smallest absolute Gasteiger partial charge is 0.318 e. The highest BCUT2D eigenvalue weighted by atomic mass is 16.5. The fraction of sp³-hybridized carbons (Fsp3) is 0.316. The van der Waals surface area contributed by atoms with E-state index in [9.17, 15) is 9.90 Å². The molecule has 2 rings (SSSR count). The van der Waals surface area contributed by atoms with Crippen LogP contribution in [-0.4, -0.2) is 36.3 Å². The molecule has 24 heavy (non-hydrogen) atoms.